The van der Waals surface area contributed by atoms with Gasteiger partial charge in [0.25, 0.3) is 5.91 Å². The Balaban J connectivity index is 2.95. The highest BCUT2D eigenvalue weighted by Crippen LogP contribution is 2.36. The van der Waals surface area contributed by atoms with Crippen molar-refractivity contribution in [3.63, 3.8) is 0 Å². The van der Waals surface area contributed by atoms with Gasteiger partial charge in [-0.3, -0.25) is 4.79 Å². The Hall–Kier alpha value is -1.07. The summed E-state index contributed by atoms with van der Waals surface area (Å²) in [5, 5.41) is 9.01. The summed E-state index contributed by atoms with van der Waals surface area (Å²) >= 11 is 0. The first-order valence-corrected chi connectivity index (χ1v) is 6.92. The van der Waals surface area contributed by atoms with Crippen LogP contribution in [0, 0.1) is 17.8 Å². The second-order valence-electron chi connectivity index (χ2n) is 5.19. The fourth-order valence-corrected chi connectivity index (χ4v) is 2.54. The Kier molecular flexibility index (Phi) is 6.31. The second-order valence-corrected chi connectivity index (χ2v) is 5.19. The largest absolute Gasteiger partial charge is 0.459 e. The number of primary amides is 1. The van der Waals surface area contributed by atoms with E-state index in [1.165, 1.54) is 0 Å². The Morgan fingerprint density at radius 3 is 2.74 bits per heavy atom. The molecule has 0 aromatic rings. The van der Waals surface area contributed by atoms with Gasteiger partial charge in [0.1, 0.15) is 0 Å². The highest BCUT2D eigenvalue weighted by atomic mass is 16.7. The van der Waals surface area contributed by atoms with Gasteiger partial charge in [-0.25, -0.2) is 0 Å². The van der Waals surface area contributed by atoms with E-state index in [4.69, 9.17) is 20.3 Å². The molecule has 0 radical (unpaired) electrons. The molecule has 3 atom stereocenters. The van der Waals surface area contributed by atoms with Gasteiger partial charge >= 0.3 is 0 Å². The lowest BCUT2D eigenvalue weighted by molar-refractivity contribution is -0.174. The van der Waals surface area contributed by atoms with Crippen molar-refractivity contribution in [2.45, 2.75) is 39.9 Å². The molecule has 0 aromatic carbocycles. The lowest BCUT2D eigenvalue weighted by Crippen LogP contribution is -2.40. The zero-order valence-electron chi connectivity index (χ0n) is 12.0. The van der Waals surface area contributed by atoms with E-state index in [0.29, 0.717) is 18.9 Å². The molecular weight excluding hydrogens is 246 g/mol. The van der Waals surface area contributed by atoms with Crippen LogP contribution < -0.4 is 5.73 Å². The number of nitrogens with two attached hydrogens (primary N) is 1. The van der Waals surface area contributed by atoms with E-state index in [1.807, 2.05) is 13.0 Å². The van der Waals surface area contributed by atoms with Crippen LogP contribution >= 0.6 is 0 Å². The maximum atomic E-state index is 11.3. The highest BCUT2D eigenvalue weighted by Gasteiger charge is 2.37. The summed E-state index contributed by atoms with van der Waals surface area (Å²) in [6, 6.07) is 0. The van der Waals surface area contributed by atoms with Crippen LogP contribution in [0.3, 0.4) is 0 Å². The Morgan fingerprint density at radius 2 is 2.26 bits per heavy atom. The molecule has 0 unspecified atom stereocenters. The first-order chi connectivity index (χ1) is 9.01. The molecule has 1 aliphatic rings. The predicted molar refractivity (Wildman–Crippen MR) is 71.9 cm³/mol. The molecule has 3 N–H and O–H groups in total. The number of rotatable bonds is 7. The number of allylic oxidation sites excluding steroid dienone is 1. The van der Waals surface area contributed by atoms with Crippen LogP contribution in [0.4, 0.5) is 0 Å². The maximum Gasteiger partial charge on any atom is 0.283 e. The number of aliphatic hydroxyl groups is 1. The molecule has 0 aliphatic carbocycles. The molecule has 1 aliphatic heterocycles. The summed E-state index contributed by atoms with van der Waals surface area (Å²) in [6.45, 7) is 6.74. The van der Waals surface area contributed by atoms with Crippen molar-refractivity contribution in [2.75, 3.05) is 13.2 Å². The first kappa shape index (κ1) is 16.0. The van der Waals surface area contributed by atoms with Crippen molar-refractivity contribution in [1.29, 1.82) is 0 Å². The van der Waals surface area contributed by atoms with Crippen LogP contribution in [0.25, 0.3) is 0 Å². The van der Waals surface area contributed by atoms with Crippen LogP contribution in [0.15, 0.2) is 11.8 Å². The van der Waals surface area contributed by atoms with E-state index < -0.39 is 12.2 Å². The van der Waals surface area contributed by atoms with Gasteiger partial charge in [0, 0.05) is 19.1 Å². The molecule has 1 rings (SSSR count). The van der Waals surface area contributed by atoms with E-state index >= 15 is 0 Å². The average Bonchev–Trinajstić information content (AvgIpc) is 2.36. The maximum absolute atomic E-state index is 11.3. The molecular formula is C14H25NO4. The molecule has 0 bridgehead atoms. The molecule has 5 heteroatoms. The fourth-order valence-electron chi connectivity index (χ4n) is 2.54. The minimum Gasteiger partial charge on any atom is -0.459 e. The smallest absolute Gasteiger partial charge is 0.283 e. The Labute approximate surface area is 114 Å². The van der Waals surface area contributed by atoms with Gasteiger partial charge in [-0.05, 0) is 37.7 Å². The molecule has 19 heavy (non-hydrogen) atoms. The average molecular weight is 271 g/mol. The van der Waals surface area contributed by atoms with Gasteiger partial charge in [0.2, 0.25) is 6.29 Å². The Morgan fingerprint density at radius 1 is 1.58 bits per heavy atom. The van der Waals surface area contributed by atoms with Gasteiger partial charge in [-0.1, -0.05) is 13.8 Å². The third-order valence-corrected chi connectivity index (χ3v) is 3.47. The number of carbonyl (C=O) groups is 1. The zero-order valence-corrected chi connectivity index (χ0v) is 12.0. The quantitative estimate of drug-likeness (QED) is 0.733. The van der Waals surface area contributed by atoms with Gasteiger partial charge in [-0.15, -0.1) is 0 Å². The molecule has 5 nitrogen and oxygen atoms in total. The van der Waals surface area contributed by atoms with E-state index in [0.717, 1.165) is 6.42 Å². The lowest BCUT2D eigenvalue weighted by Gasteiger charge is -2.38. The second kappa shape index (κ2) is 7.50. The van der Waals surface area contributed by atoms with Gasteiger partial charge in [0.05, 0.1) is 0 Å². The summed E-state index contributed by atoms with van der Waals surface area (Å²) in [5.41, 5.74) is 5.31. The molecule has 1 amide bonds. The monoisotopic (exact) mass is 271 g/mol. The molecule has 0 aromatic heterocycles. The van der Waals surface area contributed by atoms with Crippen molar-refractivity contribution < 1.29 is 19.4 Å². The van der Waals surface area contributed by atoms with E-state index in [2.05, 4.69) is 13.8 Å². The minimum absolute atomic E-state index is 0.134. The van der Waals surface area contributed by atoms with E-state index in [9.17, 15) is 4.79 Å². The number of hydrogen-bond acceptors (Lipinski definition) is 4. The summed E-state index contributed by atoms with van der Waals surface area (Å²) in [5.74, 6) is 0.285. The normalized spacial score (nSPS) is 27.0. The third-order valence-electron chi connectivity index (χ3n) is 3.47. The number of hydrogen-bond donors (Lipinski definition) is 2. The summed E-state index contributed by atoms with van der Waals surface area (Å²) in [7, 11) is 0. The predicted octanol–water partition coefficient (Wildman–Crippen LogP) is 1.41. The molecule has 110 valence electrons. The van der Waals surface area contributed by atoms with Crippen molar-refractivity contribution in [1.82, 2.24) is 0 Å². The number of amides is 1. The minimum atomic E-state index is -0.559. The van der Waals surface area contributed by atoms with Crippen LogP contribution in [-0.2, 0) is 14.3 Å². The van der Waals surface area contributed by atoms with Crippen molar-refractivity contribution >= 4 is 5.91 Å². The van der Waals surface area contributed by atoms with Crippen LogP contribution in [0.5, 0.6) is 0 Å². The molecule has 1 heterocycles. The van der Waals surface area contributed by atoms with Crippen molar-refractivity contribution in [2.24, 2.45) is 23.5 Å². The zero-order chi connectivity index (χ0) is 14.4. The Bertz CT molecular complexity index is 327. The standard InChI is InChI=1S/C14H25NO4/c1-4-18-14-10(6-5-7-16)11(9(2)3)8-12(19-14)13(15)17/h8-11,14,16H,4-7H2,1-3H3,(H2,15,17)/t10-,11-,14-/m0/s1. The lowest BCUT2D eigenvalue weighted by atomic mass is 9.78. The number of aliphatic hydroxyl groups excluding tert-OH is 1. The van der Waals surface area contributed by atoms with Crippen LogP contribution in [0.1, 0.15) is 33.6 Å². The molecule has 0 saturated heterocycles. The fraction of sp³-hybridized carbons (Fsp3) is 0.786. The number of carbonyl (C=O) groups excluding carboxylic acids is 1. The SMILES string of the molecule is CCO[C@H]1OC(C(N)=O)=C[C@@H](C(C)C)[C@@H]1CCCO. The summed E-state index contributed by atoms with van der Waals surface area (Å²) in [6.07, 6.45) is 2.84. The topological polar surface area (TPSA) is 81.8 Å². The van der Waals surface area contributed by atoms with E-state index in [-0.39, 0.29) is 24.2 Å². The third kappa shape index (κ3) is 4.21. The molecule has 0 fully saturated rings. The number of ether oxygens (including phenoxy) is 2. The van der Waals surface area contributed by atoms with Crippen molar-refractivity contribution in [3.8, 4) is 0 Å². The van der Waals surface area contributed by atoms with Gasteiger partial charge < -0.3 is 20.3 Å². The van der Waals surface area contributed by atoms with Crippen LogP contribution in [0.2, 0.25) is 0 Å². The van der Waals surface area contributed by atoms with Crippen LogP contribution in [-0.4, -0.2) is 30.5 Å². The first-order valence-electron chi connectivity index (χ1n) is 6.92. The highest BCUT2D eigenvalue weighted by molar-refractivity contribution is 5.90. The van der Waals surface area contributed by atoms with E-state index in [1.54, 1.807) is 0 Å². The molecule has 0 saturated carbocycles. The molecule has 0 spiro atoms. The summed E-state index contributed by atoms with van der Waals surface area (Å²) < 4.78 is 11.2. The van der Waals surface area contributed by atoms with Gasteiger partial charge in [0.15, 0.2) is 5.76 Å². The van der Waals surface area contributed by atoms with Gasteiger partial charge in [-0.2, -0.15) is 0 Å². The summed E-state index contributed by atoms with van der Waals surface area (Å²) in [4.78, 5) is 11.3. The van der Waals surface area contributed by atoms with Crippen molar-refractivity contribution in [3.05, 3.63) is 11.8 Å².